The molecule has 0 atom stereocenters. The third kappa shape index (κ3) is 3.73. The van der Waals surface area contributed by atoms with Crippen LogP contribution in [0.1, 0.15) is 43.4 Å². The molecule has 0 spiro atoms. The summed E-state index contributed by atoms with van der Waals surface area (Å²) in [7, 11) is 0. The number of anilines is 1. The normalized spacial score (nSPS) is 12.3. The van der Waals surface area contributed by atoms with Crippen molar-refractivity contribution in [2.24, 2.45) is 0 Å². The van der Waals surface area contributed by atoms with E-state index in [1.54, 1.807) is 0 Å². The lowest BCUT2D eigenvalue weighted by Gasteiger charge is -2.16. The molecule has 27 heavy (non-hydrogen) atoms. The summed E-state index contributed by atoms with van der Waals surface area (Å²) in [5, 5.41) is 12.9. The summed E-state index contributed by atoms with van der Waals surface area (Å²) in [5.41, 5.74) is 6.01. The molecule has 1 aliphatic heterocycles. The number of nitriles is 1. The number of ether oxygens (including phenoxy) is 1. The maximum atomic E-state index is 11.5. The first kappa shape index (κ1) is 18.7. The number of carbonyl (C=O) groups excluding carboxylic acids is 1. The summed E-state index contributed by atoms with van der Waals surface area (Å²) < 4.78 is 5.87. The summed E-state index contributed by atoms with van der Waals surface area (Å²) in [6.07, 6.45) is 0.707. The van der Waals surface area contributed by atoms with E-state index in [0.717, 1.165) is 22.4 Å². The van der Waals surface area contributed by atoms with Gasteiger partial charge in [0, 0.05) is 29.7 Å². The first-order valence-electron chi connectivity index (χ1n) is 9.18. The Balaban J connectivity index is 2.05. The van der Waals surface area contributed by atoms with E-state index >= 15 is 0 Å². The Hall–Kier alpha value is -3.06. The number of carbonyl (C=O) groups is 1. The minimum atomic E-state index is -0.0602. The molecule has 0 saturated carbocycles. The zero-order chi connectivity index (χ0) is 19.6. The summed E-state index contributed by atoms with van der Waals surface area (Å²) in [5.74, 6) is 1.20. The molecule has 138 valence electrons. The fourth-order valence-electron chi connectivity index (χ4n) is 3.23. The van der Waals surface area contributed by atoms with Crippen molar-refractivity contribution >= 4 is 11.5 Å². The number of benzene rings is 2. The molecular weight excluding hydrogens is 336 g/mol. The van der Waals surface area contributed by atoms with Gasteiger partial charge in [0.15, 0.2) is 5.78 Å². The summed E-state index contributed by atoms with van der Waals surface area (Å²) in [6, 6.07) is 12.7. The van der Waals surface area contributed by atoms with Gasteiger partial charge in [-0.3, -0.25) is 4.79 Å². The second kappa shape index (κ2) is 7.67. The Morgan fingerprint density at radius 1 is 1.33 bits per heavy atom. The standard InChI is InChI=1S/C23H24N2O2/c1-14(2)17-5-7-18(8-6-17)20-11-22(25-13-15(3)16(4)26)21(12-24)19-9-10-27-23(19)20/h5-8,11,14,25H,3,9-10,13H2,1-2,4H3. The van der Waals surface area contributed by atoms with Crippen LogP contribution in [0.2, 0.25) is 0 Å². The Morgan fingerprint density at radius 2 is 2.04 bits per heavy atom. The highest BCUT2D eigenvalue weighted by Crippen LogP contribution is 2.42. The van der Waals surface area contributed by atoms with Crippen LogP contribution in [0.5, 0.6) is 5.75 Å². The van der Waals surface area contributed by atoms with Gasteiger partial charge >= 0.3 is 0 Å². The molecule has 0 unspecified atom stereocenters. The van der Waals surface area contributed by atoms with Crippen LogP contribution in [0.15, 0.2) is 42.5 Å². The third-order valence-corrected chi connectivity index (χ3v) is 4.97. The lowest BCUT2D eigenvalue weighted by atomic mass is 9.94. The van der Waals surface area contributed by atoms with Crippen LogP contribution in [0.3, 0.4) is 0 Å². The lowest BCUT2D eigenvalue weighted by molar-refractivity contribution is -0.113. The number of ketones is 1. The number of rotatable bonds is 6. The molecule has 0 amide bonds. The number of fused-ring (bicyclic) bond motifs is 1. The van der Waals surface area contributed by atoms with Crippen LogP contribution in [0.25, 0.3) is 11.1 Å². The van der Waals surface area contributed by atoms with Crippen LogP contribution in [-0.4, -0.2) is 18.9 Å². The van der Waals surface area contributed by atoms with Gasteiger partial charge in [-0.2, -0.15) is 5.26 Å². The lowest BCUT2D eigenvalue weighted by Crippen LogP contribution is -2.11. The Labute approximate surface area is 160 Å². The van der Waals surface area contributed by atoms with Gasteiger partial charge in [-0.25, -0.2) is 0 Å². The van der Waals surface area contributed by atoms with Gasteiger partial charge in [0.1, 0.15) is 11.8 Å². The zero-order valence-electron chi connectivity index (χ0n) is 16.1. The van der Waals surface area contributed by atoms with Crippen LogP contribution in [0, 0.1) is 11.3 Å². The SMILES string of the molecule is C=C(CNc1cc(-c2ccc(C(C)C)cc2)c2c(c1C#N)CCO2)C(C)=O. The van der Waals surface area contributed by atoms with E-state index in [1.807, 2.05) is 6.07 Å². The van der Waals surface area contributed by atoms with E-state index in [4.69, 9.17) is 4.74 Å². The van der Waals surface area contributed by atoms with Gasteiger partial charge in [0.25, 0.3) is 0 Å². The predicted molar refractivity (Wildman–Crippen MR) is 108 cm³/mol. The Bertz CT molecular complexity index is 934. The van der Waals surface area contributed by atoms with Gasteiger partial charge in [0.2, 0.25) is 0 Å². The van der Waals surface area contributed by atoms with Crippen molar-refractivity contribution in [3.63, 3.8) is 0 Å². The monoisotopic (exact) mass is 360 g/mol. The number of Topliss-reactive ketones (excluding diaryl/α,β-unsaturated/α-hetero) is 1. The number of hydrogen-bond donors (Lipinski definition) is 1. The van der Waals surface area contributed by atoms with Crippen LogP contribution in [0.4, 0.5) is 5.69 Å². The average Bonchev–Trinajstić information content (AvgIpc) is 3.14. The first-order chi connectivity index (χ1) is 12.9. The highest BCUT2D eigenvalue weighted by atomic mass is 16.5. The maximum absolute atomic E-state index is 11.5. The molecule has 4 heteroatoms. The van der Waals surface area contributed by atoms with Crippen LogP contribution < -0.4 is 10.1 Å². The van der Waals surface area contributed by atoms with E-state index in [2.05, 4.69) is 56.1 Å². The van der Waals surface area contributed by atoms with Crippen molar-refractivity contribution < 1.29 is 9.53 Å². The molecule has 0 bridgehead atoms. The summed E-state index contributed by atoms with van der Waals surface area (Å²) in [6.45, 7) is 10.5. The molecule has 1 heterocycles. The molecule has 0 saturated heterocycles. The smallest absolute Gasteiger partial charge is 0.156 e. The number of nitrogens with one attached hydrogen (secondary N) is 1. The predicted octanol–water partition coefficient (Wildman–Crippen LogP) is 4.84. The first-order valence-corrected chi connectivity index (χ1v) is 9.18. The van der Waals surface area contributed by atoms with Crippen molar-refractivity contribution in [3.8, 4) is 22.9 Å². The molecule has 3 rings (SSSR count). The Kier molecular flexibility index (Phi) is 5.32. The maximum Gasteiger partial charge on any atom is 0.156 e. The van der Waals surface area contributed by atoms with Crippen molar-refractivity contribution in [1.29, 1.82) is 5.26 Å². The second-order valence-electron chi connectivity index (χ2n) is 7.15. The molecule has 0 aromatic heterocycles. The van der Waals surface area contributed by atoms with Crippen molar-refractivity contribution in [2.45, 2.75) is 33.1 Å². The van der Waals surface area contributed by atoms with E-state index in [1.165, 1.54) is 12.5 Å². The summed E-state index contributed by atoms with van der Waals surface area (Å²) in [4.78, 5) is 11.5. The minimum absolute atomic E-state index is 0.0602. The molecule has 2 aromatic carbocycles. The van der Waals surface area contributed by atoms with Gasteiger partial charge in [-0.05, 0) is 30.0 Å². The second-order valence-corrected chi connectivity index (χ2v) is 7.15. The number of hydrogen-bond acceptors (Lipinski definition) is 4. The highest BCUT2D eigenvalue weighted by molar-refractivity contribution is 5.93. The van der Waals surface area contributed by atoms with Gasteiger partial charge < -0.3 is 10.1 Å². The number of nitrogens with zero attached hydrogens (tertiary/aromatic N) is 1. The molecular formula is C23H24N2O2. The van der Waals surface area contributed by atoms with Crippen LogP contribution >= 0.6 is 0 Å². The van der Waals surface area contributed by atoms with Crippen LogP contribution in [-0.2, 0) is 11.2 Å². The molecule has 2 aromatic rings. The molecule has 0 aliphatic carbocycles. The molecule has 4 nitrogen and oxygen atoms in total. The highest BCUT2D eigenvalue weighted by Gasteiger charge is 2.24. The fraction of sp³-hybridized carbons (Fsp3) is 0.304. The van der Waals surface area contributed by atoms with Crippen molar-refractivity contribution in [3.05, 3.63) is 59.2 Å². The van der Waals surface area contributed by atoms with Crippen molar-refractivity contribution in [1.82, 2.24) is 0 Å². The van der Waals surface area contributed by atoms with E-state index in [0.29, 0.717) is 42.3 Å². The molecule has 0 fully saturated rings. The van der Waals surface area contributed by atoms with E-state index in [9.17, 15) is 10.1 Å². The Morgan fingerprint density at radius 3 is 2.63 bits per heavy atom. The average molecular weight is 360 g/mol. The molecule has 1 N–H and O–H groups in total. The summed E-state index contributed by atoms with van der Waals surface area (Å²) >= 11 is 0. The van der Waals surface area contributed by atoms with E-state index in [-0.39, 0.29) is 5.78 Å². The van der Waals surface area contributed by atoms with E-state index < -0.39 is 0 Å². The van der Waals surface area contributed by atoms with Gasteiger partial charge in [-0.1, -0.05) is 44.7 Å². The topological polar surface area (TPSA) is 62.1 Å². The van der Waals surface area contributed by atoms with Gasteiger partial charge in [-0.15, -0.1) is 0 Å². The quantitative estimate of drug-likeness (QED) is 0.749. The molecule has 1 aliphatic rings. The van der Waals surface area contributed by atoms with Gasteiger partial charge in [0.05, 0.1) is 17.9 Å². The zero-order valence-corrected chi connectivity index (χ0v) is 16.1. The fourth-order valence-corrected chi connectivity index (χ4v) is 3.23. The largest absolute Gasteiger partial charge is 0.492 e. The minimum Gasteiger partial charge on any atom is -0.492 e. The molecule has 0 radical (unpaired) electrons. The van der Waals surface area contributed by atoms with Crippen molar-refractivity contribution in [2.75, 3.05) is 18.5 Å². The third-order valence-electron chi connectivity index (χ3n) is 4.97.